The summed E-state index contributed by atoms with van der Waals surface area (Å²) in [5.74, 6) is 0.987. The van der Waals surface area contributed by atoms with Crippen molar-refractivity contribution < 1.29 is 9.21 Å². The van der Waals surface area contributed by atoms with E-state index in [1.54, 1.807) is 25.3 Å². The number of nitrogen functional groups attached to an aromatic ring is 1. The van der Waals surface area contributed by atoms with Gasteiger partial charge in [0.2, 0.25) is 5.89 Å². The smallest absolute Gasteiger partial charge is 0.251 e. The maximum atomic E-state index is 12.0. The molecule has 3 N–H and O–H groups in total. The van der Waals surface area contributed by atoms with E-state index >= 15 is 0 Å². The molecular weight excluding hydrogens is 256 g/mol. The highest BCUT2D eigenvalue weighted by Gasteiger charge is 2.10. The van der Waals surface area contributed by atoms with E-state index in [4.69, 9.17) is 10.2 Å². The highest BCUT2D eigenvalue weighted by Crippen LogP contribution is 2.22. The Morgan fingerprint density at radius 1 is 1.45 bits per heavy atom. The molecule has 0 aliphatic carbocycles. The van der Waals surface area contributed by atoms with Gasteiger partial charge in [-0.25, -0.2) is 4.98 Å². The molecule has 0 atom stereocenters. The summed E-state index contributed by atoms with van der Waals surface area (Å²) >= 11 is 0. The van der Waals surface area contributed by atoms with Crippen molar-refractivity contribution in [1.82, 2.24) is 10.3 Å². The predicted octanol–water partition coefficient (Wildman–Crippen LogP) is 1.56. The summed E-state index contributed by atoms with van der Waals surface area (Å²) < 4.78 is 5.29. The first-order valence-corrected chi connectivity index (χ1v) is 6.23. The van der Waals surface area contributed by atoms with Gasteiger partial charge in [-0.15, -0.1) is 0 Å². The van der Waals surface area contributed by atoms with Crippen molar-refractivity contribution in [2.75, 3.05) is 24.7 Å². The SMILES string of the molecule is Cc1cnc(CNC(=O)c2ccc(N(C)C)c(N)c2)o1. The minimum atomic E-state index is -0.210. The van der Waals surface area contributed by atoms with Crippen molar-refractivity contribution in [2.24, 2.45) is 0 Å². The number of anilines is 2. The van der Waals surface area contributed by atoms with Crippen LogP contribution in [0, 0.1) is 6.92 Å². The fourth-order valence-corrected chi connectivity index (χ4v) is 1.84. The number of nitrogens with two attached hydrogens (primary N) is 1. The lowest BCUT2D eigenvalue weighted by atomic mass is 10.1. The number of nitrogens with zero attached hydrogens (tertiary/aromatic N) is 2. The van der Waals surface area contributed by atoms with Crippen LogP contribution < -0.4 is 16.0 Å². The van der Waals surface area contributed by atoms with Gasteiger partial charge in [0.1, 0.15) is 5.76 Å². The number of amides is 1. The Labute approximate surface area is 117 Å². The highest BCUT2D eigenvalue weighted by molar-refractivity contribution is 5.96. The van der Waals surface area contributed by atoms with Crippen LogP contribution in [0.3, 0.4) is 0 Å². The van der Waals surface area contributed by atoms with Gasteiger partial charge in [-0.2, -0.15) is 0 Å². The van der Waals surface area contributed by atoms with E-state index in [0.29, 0.717) is 22.9 Å². The van der Waals surface area contributed by atoms with Gasteiger partial charge in [0.25, 0.3) is 5.91 Å². The second-order valence-corrected chi connectivity index (χ2v) is 4.72. The number of aromatic nitrogens is 1. The van der Waals surface area contributed by atoms with Crippen LogP contribution in [-0.4, -0.2) is 25.0 Å². The molecule has 0 bridgehead atoms. The Bertz CT molecular complexity index is 619. The van der Waals surface area contributed by atoms with Crippen molar-refractivity contribution in [1.29, 1.82) is 0 Å². The fourth-order valence-electron chi connectivity index (χ4n) is 1.84. The van der Waals surface area contributed by atoms with Crippen LogP contribution in [0.5, 0.6) is 0 Å². The third-order valence-electron chi connectivity index (χ3n) is 2.84. The van der Waals surface area contributed by atoms with Gasteiger partial charge >= 0.3 is 0 Å². The molecule has 0 aliphatic rings. The van der Waals surface area contributed by atoms with Crippen molar-refractivity contribution in [2.45, 2.75) is 13.5 Å². The lowest BCUT2D eigenvalue weighted by Gasteiger charge is -2.15. The van der Waals surface area contributed by atoms with Crippen molar-refractivity contribution >= 4 is 17.3 Å². The minimum Gasteiger partial charge on any atom is -0.444 e. The molecule has 0 fully saturated rings. The summed E-state index contributed by atoms with van der Waals surface area (Å²) in [6.07, 6.45) is 1.62. The summed E-state index contributed by atoms with van der Waals surface area (Å²) in [7, 11) is 3.80. The molecule has 106 valence electrons. The van der Waals surface area contributed by atoms with Crippen LogP contribution in [0.15, 0.2) is 28.8 Å². The molecule has 1 heterocycles. The molecule has 1 aromatic heterocycles. The number of aryl methyl sites for hydroxylation is 1. The number of benzene rings is 1. The van der Waals surface area contributed by atoms with Gasteiger partial charge in [-0.3, -0.25) is 4.79 Å². The molecule has 2 rings (SSSR count). The Balaban J connectivity index is 2.04. The van der Waals surface area contributed by atoms with Crippen molar-refractivity contribution in [3.8, 4) is 0 Å². The zero-order chi connectivity index (χ0) is 14.7. The molecule has 1 aromatic carbocycles. The van der Waals surface area contributed by atoms with Crippen LogP contribution >= 0.6 is 0 Å². The van der Waals surface area contributed by atoms with E-state index in [0.717, 1.165) is 5.69 Å². The molecular formula is C14H18N4O2. The highest BCUT2D eigenvalue weighted by atomic mass is 16.4. The zero-order valence-electron chi connectivity index (χ0n) is 11.8. The summed E-state index contributed by atoms with van der Waals surface area (Å²) in [5.41, 5.74) is 7.87. The number of nitrogens with one attached hydrogen (secondary N) is 1. The van der Waals surface area contributed by atoms with E-state index in [-0.39, 0.29) is 12.5 Å². The van der Waals surface area contributed by atoms with E-state index in [9.17, 15) is 4.79 Å². The van der Waals surface area contributed by atoms with E-state index in [1.165, 1.54) is 0 Å². The second-order valence-electron chi connectivity index (χ2n) is 4.72. The standard InChI is InChI=1S/C14H18N4O2/c1-9-7-16-13(20-9)8-17-14(19)10-4-5-12(18(2)3)11(15)6-10/h4-7H,8,15H2,1-3H3,(H,17,19). The summed E-state index contributed by atoms with van der Waals surface area (Å²) in [6.45, 7) is 2.06. The average Bonchev–Trinajstić information content (AvgIpc) is 2.81. The van der Waals surface area contributed by atoms with Gasteiger partial charge in [-0.05, 0) is 25.1 Å². The lowest BCUT2D eigenvalue weighted by molar-refractivity contribution is 0.0947. The Morgan fingerprint density at radius 2 is 2.20 bits per heavy atom. The Kier molecular flexibility index (Phi) is 3.93. The third-order valence-corrected chi connectivity index (χ3v) is 2.84. The molecule has 0 aliphatic heterocycles. The summed E-state index contributed by atoms with van der Waals surface area (Å²) in [4.78, 5) is 17.9. The normalized spacial score (nSPS) is 10.3. The van der Waals surface area contributed by atoms with E-state index in [2.05, 4.69) is 10.3 Å². The Hall–Kier alpha value is -2.50. The van der Waals surface area contributed by atoms with Crippen LogP contribution in [0.2, 0.25) is 0 Å². The van der Waals surface area contributed by atoms with Gasteiger partial charge < -0.3 is 20.4 Å². The van der Waals surface area contributed by atoms with Crippen LogP contribution in [0.4, 0.5) is 11.4 Å². The number of hydrogen-bond donors (Lipinski definition) is 2. The van der Waals surface area contributed by atoms with Gasteiger partial charge in [0.15, 0.2) is 0 Å². The third kappa shape index (κ3) is 3.09. The predicted molar refractivity (Wildman–Crippen MR) is 77.6 cm³/mol. The molecule has 2 aromatic rings. The fraction of sp³-hybridized carbons (Fsp3) is 0.286. The number of carbonyl (C=O) groups excluding carboxylic acids is 1. The van der Waals surface area contributed by atoms with Crippen LogP contribution in [0.1, 0.15) is 22.0 Å². The maximum Gasteiger partial charge on any atom is 0.251 e. The molecule has 0 saturated heterocycles. The molecule has 0 radical (unpaired) electrons. The lowest BCUT2D eigenvalue weighted by Crippen LogP contribution is -2.23. The molecule has 1 amide bonds. The largest absolute Gasteiger partial charge is 0.444 e. The molecule has 0 spiro atoms. The molecule has 20 heavy (non-hydrogen) atoms. The number of carbonyl (C=O) groups is 1. The first kappa shape index (κ1) is 13.9. The number of rotatable bonds is 4. The van der Waals surface area contributed by atoms with Crippen molar-refractivity contribution in [3.05, 3.63) is 41.6 Å². The van der Waals surface area contributed by atoms with E-state index < -0.39 is 0 Å². The Morgan fingerprint density at radius 3 is 2.75 bits per heavy atom. The summed E-state index contributed by atoms with van der Waals surface area (Å²) in [5, 5.41) is 2.74. The van der Waals surface area contributed by atoms with Crippen LogP contribution in [0.25, 0.3) is 0 Å². The van der Waals surface area contributed by atoms with Gasteiger partial charge in [-0.1, -0.05) is 0 Å². The minimum absolute atomic E-state index is 0.210. The topological polar surface area (TPSA) is 84.4 Å². The first-order chi connectivity index (χ1) is 9.47. The van der Waals surface area contributed by atoms with Crippen molar-refractivity contribution in [3.63, 3.8) is 0 Å². The molecule has 6 nitrogen and oxygen atoms in total. The quantitative estimate of drug-likeness (QED) is 0.827. The van der Waals surface area contributed by atoms with Gasteiger partial charge in [0.05, 0.1) is 24.1 Å². The average molecular weight is 274 g/mol. The van der Waals surface area contributed by atoms with E-state index in [1.807, 2.05) is 25.1 Å². The monoisotopic (exact) mass is 274 g/mol. The van der Waals surface area contributed by atoms with Gasteiger partial charge in [0, 0.05) is 19.7 Å². The summed E-state index contributed by atoms with van der Waals surface area (Å²) in [6, 6.07) is 5.22. The number of oxazole rings is 1. The second kappa shape index (κ2) is 5.64. The first-order valence-electron chi connectivity index (χ1n) is 6.23. The molecule has 0 unspecified atom stereocenters. The zero-order valence-corrected chi connectivity index (χ0v) is 11.8. The molecule has 0 saturated carbocycles. The van der Waals surface area contributed by atoms with Crippen LogP contribution in [-0.2, 0) is 6.54 Å². The maximum absolute atomic E-state index is 12.0. The molecule has 6 heteroatoms. The number of hydrogen-bond acceptors (Lipinski definition) is 5.